The Labute approximate surface area is 63.8 Å². The van der Waals surface area contributed by atoms with Gasteiger partial charge in [-0.1, -0.05) is 6.58 Å². The Morgan fingerprint density at radius 2 is 2.09 bits per heavy atom. The molecule has 11 heavy (non-hydrogen) atoms. The van der Waals surface area contributed by atoms with Crippen LogP contribution in [-0.2, 0) is 14.3 Å². The van der Waals surface area contributed by atoms with Crippen molar-refractivity contribution in [3.63, 3.8) is 0 Å². The Morgan fingerprint density at radius 3 is 2.45 bits per heavy atom. The zero-order valence-corrected chi connectivity index (χ0v) is 6.48. The summed E-state index contributed by atoms with van der Waals surface area (Å²) in [7, 11) is -3.78. The predicted octanol–water partition coefficient (Wildman–Crippen LogP) is 1.13. The molecule has 0 saturated heterocycles. The molecule has 3 nitrogen and oxygen atoms in total. The first kappa shape index (κ1) is 10.5. The Bertz CT molecular complexity index is 210. The van der Waals surface area contributed by atoms with Crippen molar-refractivity contribution >= 4 is 10.1 Å². The van der Waals surface area contributed by atoms with E-state index in [1.54, 1.807) is 0 Å². The minimum Gasteiger partial charge on any atom is -0.267 e. The van der Waals surface area contributed by atoms with Crippen LogP contribution in [0.2, 0.25) is 0 Å². The first-order valence-corrected chi connectivity index (χ1v) is 4.25. The lowest BCUT2D eigenvalue weighted by molar-refractivity contribution is 0.116. The van der Waals surface area contributed by atoms with Crippen LogP contribution in [0.25, 0.3) is 0 Å². The van der Waals surface area contributed by atoms with Crippen LogP contribution >= 0.6 is 0 Å². The van der Waals surface area contributed by atoms with Gasteiger partial charge in [-0.25, -0.2) is 8.78 Å². The van der Waals surface area contributed by atoms with Gasteiger partial charge < -0.3 is 0 Å². The second-order valence-corrected chi connectivity index (χ2v) is 3.22. The number of rotatable bonds is 5. The second kappa shape index (κ2) is 4.40. The molecule has 0 aliphatic heterocycles. The minimum atomic E-state index is -3.78. The second-order valence-electron chi connectivity index (χ2n) is 1.66. The molecular formula is C5H8F2O3S. The third kappa shape index (κ3) is 5.93. The van der Waals surface area contributed by atoms with Crippen molar-refractivity contribution in [3.8, 4) is 0 Å². The fourth-order valence-electron chi connectivity index (χ4n) is 0.301. The number of hydrogen-bond donors (Lipinski definition) is 0. The molecule has 0 aromatic heterocycles. The van der Waals surface area contributed by atoms with E-state index in [-0.39, 0.29) is 0 Å². The average Bonchev–Trinajstić information content (AvgIpc) is 1.87. The molecule has 0 fully saturated rings. The number of halogens is 2. The molecule has 0 rings (SSSR count). The highest BCUT2D eigenvalue weighted by Crippen LogP contribution is 2.01. The van der Waals surface area contributed by atoms with Crippen LogP contribution in [0.1, 0.15) is 6.42 Å². The van der Waals surface area contributed by atoms with E-state index in [0.29, 0.717) is 5.41 Å². The summed E-state index contributed by atoms with van der Waals surface area (Å²) in [5.41, 5.74) is 0. The zero-order chi connectivity index (χ0) is 8.91. The molecule has 0 heterocycles. The Balaban J connectivity index is 3.64. The van der Waals surface area contributed by atoms with E-state index in [4.69, 9.17) is 0 Å². The van der Waals surface area contributed by atoms with Crippen LogP contribution in [0.5, 0.6) is 0 Å². The van der Waals surface area contributed by atoms with Crippen molar-refractivity contribution in [1.29, 1.82) is 0 Å². The monoisotopic (exact) mass is 186 g/mol. The van der Waals surface area contributed by atoms with Gasteiger partial charge in [-0.3, -0.25) is 4.18 Å². The van der Waals surface area contributed by atoms with Gasteiger partial charge in [-0.05, 0) is 0 Å². The van der Waals surface area contributed by atoms with Crippen molar-refractivity contribution in [1.82, 2.24) is 0 Å². The third-order valence-corrected chi connectivity index (χ3v) is 1.69. The molecule has 0 aliphatic carbocycles. The standard InChI is InChI=1S/C5H8F2O3S/c1-2-11(8,9)10-4-3-5(6)7/h2,5H,1,3-4H2. The first-order valence-electron chi connectivity index (χ1n) is 2.78. The Kier molecular flexibility index (Phi) is 4.20. The molecule has 0 bridgehead atoms. The van der Waals surface area contributed by atoms with Crippen LogP contribution in [0.4, 0.5) is 8.78 Å². The molecule has 0 saturated carbocycles. The summed E-state index contributed by atoms with van der Waals surface area (Å²) in [6.45, 7) is 2.42. The minimum absolute atomic E-state index is 0.508. The third-order valence-electron chi connectivity index (χ3n) is 0.788. The van der Waals surface area contributed by atoms with Gasteiger partial charge in [0.25, 0.3) is 10.1 Å². The van der Waals surface area contributed by atoms with E-state index in [2.05, 4.69) is 10.8 Å². The highest BCUT2D eigenvalue weighted by molar-refractivity contribution is 7.89. The van der Waals surface area contributed by atoms with Gasteiger partial charge in [-0.2, -0.15) is 8.42 Å². The Morgan fingerprint density at radius 1 is 1.55 bits per heavy atom. The van der Waals surface area contributed by atoms with Crippen LogP contribution in [0.15, 0.2) is 12.0 Å². The van der Waals surface area contributed by atoms with E-state index in [0.717, 1.165) is 0 Å². The van der Waals surface area contributed by atoms with E-state index in [1.165, 1.54) is 0 Å². The first-order chi connectivity index (χ1) is 4.98. The van der Waals surface area contributed by atoms with Gasteiger partial charge in [0, 0.05) is 6.42 Å². The smallest absolute Gasteiger partial charge is 0.267 e. The van der Waals surface area contributed by atoms with Crippen molar-refractivity contribution in [2.24, 2.45) is 0 Å². The maximum Gasteiger partial charge on any atom is 0.289 e. The lowest BCUT2D eigenvalue weighted by Crippen LogP contribution is -2.05. The molecule has 0 aromatic rings. The van der Waals surface area contributed by atoms with Crippen molar-refractivity contribution < 1.29 is 21.4 Å². The maximum atomic E-state index is 11.4. The molecule has 0 N–H and O–H groups in total. The zero-order valence-electron chi connectivity index (χ0n) is 5.66. The van der Waals surface area contributed by atoms with Gasteiger partial charge in [0.2, 0.25) is 6.43 Å². The van der Waals surface area contributed by atoms with Gasteiger partial charge >= 0.3 is 0 Å². The summed E-state index contributed by atoms with van der Waals surface area (Å²) in [5, 5.41) is 0.568. The lowest BCUT2D eigenvalue weighted by Gasteiger charge is -1.99. The number of hydrogen-bond acceptors (Lipinski definition) is 3. The van der Waals surface area contributed by atoms with Crippen LogP contribution < -0.4 is 0 Å². The predicted molar refractivity (Wildman–Crippen MR) is 35.7 cm³/mol. The van der Waals surface area contributed by atoms with Crippen LogP contribution in [0.3, 0.4) is 0 Å². The molecular weight excluding hydrogens is 178 g/mol. The van der Waals surface area contributed by atoms with E-state index in [1.807, 2.05) is 0 Å². The van der Waals surface area contributed by atoms with Crippen molar-refractivity contribution in [2.75, 3.05) is 6.61 Å². The van der Waals surface area contributed by atoms with Gasteiger partial charge in [-0.15, -0.1) is 0 Å². The van der Waals surface area contributed by atoms with E-state index < -0.39 is 29.6 Å². The molecule has 6 heteroatoms. The molecule has 0 unspecified atom stereocenters. The topological polar surface area (TPSA) is 43.4 Å². The normalized spacial score (nSPS) is 11.9. The van der Waals surface area contributed by atoms with Crippen LogP contribution in [-0.4, -0.2) is 21.5 Å². The molecule has 0 amide bonds. The SMILES string of the molecule is C=CS(=O)(=O)OCCC(F)F. The van der Waals surface area contributed by atoms with Gasteiger partial charge in [0.15, 0.2) is 0 Å². The molecule has 0 aromatic carbocycles. The molecule has 0 atom stereocenters. The van der Waals surface area contributed by atoms with E-state index >= 15 is 0 Å². The summed E-state index contributed by atoms with van der Waals surface area (Å²) < 4.78 is 47.7. The molecule has 0 spiro atoms. The fourth-order valence-corrected chi connectivity index (χ4v) is 0.726. The highest BCUT2D eigenvalue weighted by atomic mass is 32.2. The van der Waals surface area contributed by atoms with E-state index in [9.17, 15) is 17.2 Å². The van der Waals surface area contributed by atoms with Gasteiger partial charge in [0.05, 0.1) is 12.0 Å². The summed E-state index contributed by atoms with van der Waals surface area (Å²) in [5.74, 6) is 0. The molecule has 0 radical (unpaired) electrons. The highest BCUT2D eigenvalue weighted by Gasteiger charge is 2.07. The maximum absolute atomic E-state index is 11.4. The average molecular weight is 186 g/mol. The largest absolute Gasteiger partial charge is 0.289 e. The Hall–Kier alpha value is -0.490. The van der Waals surface area contributed by atoms with Crippen molar-refractivity contribution in [2.45, 2.75) is 12.8 Å². The van der Waals surface area contributed by atoms with Crippen LogP contribution in [0, 0.1) is 0 Å². The lowest BCUT2D eigenvalue weighted by atomic mass is 10.5. The van der Waals surface area contributed by atoms with Gasteiger partial charge in [0.1, 0.15) is 0 Å². The summed E-state index contributed by atoms with van der Waals surface area (Å²) in [6, 6.07) is 0. The molecule has 66 valence electrons. The summed E-state index contributed by atoms with van der Waals surface area (Å²) in [4.78, 5) is 0. The molecule has 0 aliphatic rings. The quantitative estimate of drug-likeness (QED) is 0.604. The summed E-state index contributed by atoms with van der Waals surface area (Å²) in [6.07, 6.45) is -3.14. The fraction of sp³-hybridized carbons (Fsp3) is 0.600. The number of alkyl halides is 2. The summed E-state index contributed by atoms with van der Waals surface area (Å²) >= 11 is 0. The van der Waals surface area contributed by atoms with Crippen molar-refractivity contribution in [3.05, 3.63) is 12.0 Å².